The summed E-state index contributed by atoms with van der Waals surface area (Å²) >= 11 is 10.8. The van der Waals surface area contributed by atoms with Crippen LogP contribution in [0, 0.1) is 0 Å². The van der Waals surface area contributed by atoms with Gasteiger partial charge in [-0.2, -0.15) is 0 Å². The molecule has 0 rings (SSSR count). The second-order valence-electron chi connectivity index (χ2n) is 3.85. The second-order valence-corrected chi connectivity index (χ2v) is 5.01. The molecule has 0 unspecified atom stereocenters. The molecule has 18 heavy (non-hydrogen) atoms. The third kappa shape index (κ3) is 4.99. The van der Waals surface area contributed by atoms with Crippen LogP contribution >= 0.6 is 23.2 Å². The molecule has 0 spiro atoms. The number of rotatable bonds is 8. The van der Waals surface area contributed by atoms with E-state index < -0.39 is 42.0 Å². The molecule has 0 aliphatic heterocycles. The minimum atomic E-state index is -2.23. The van der Waals surface area contributed by atoms with Gasteiger partial charge in [-0.25, -0.2) is 0 Å². The average Bonchev–Trinajstić information content (AvgIpc) is 2.34. The average molecular weight is 305 g/mol. The van der Waals surface area contributed by atoms with Crippen molar-refractivity contribution in [3.63, 3.8) is 0 Å². The van der Waals surface area contributed by atoms with Crippen molar-refractivity contribution in [3.05, 3.63) is 12.2 Å². The van der Waals surface area contributed by atoms with Gasteiger partial charge >= 0.3 is 0 Å². The quantitative estimate of drug-likeness (QED) is 0.241. The molecule has 0 aromatic heterocycles. The van der Waals surface area contributed by atoms with E-state index in [4.69, 9.17) is 33.4 Å². The maximum atomic E-state index is 10.1. The smallest absolute Gasteiger partial charge is 0.125 e. The highest BCUT2D eigenvalue weighted by Crippen LogP contribution is 2.24. The van der Waals surface area contributed by atoms with Gasteiger partial charge in [0.05, 0.1) is 13.2 Å². The molecule has 0 heterocycles. The lowest BCUT2D eigenvalue weighted by atomic mass is 9.84. The van der Waals surface area contributed by atoms with Crippen molar-refractivity contribution in [1.29, 1.82) is 0 Å². The highest BCUT2D eigenvalue weighted by Gasteiger charge is 2.44. The Morgan fingerprint density at radius 3 is 2.00 bits per heavy atom. The van der Waals surface area contributed by atoms with Gasteiger partial charge in [0, 0.05) is 0 Å². The fraction of sp³-hybridized carbons (Fsp3) is 0.800. The van der Waals surface area contributed by atoms with E-state index in [0.29, 0.717) is 0 Å². The van der Waals surface area contributed by atoms with Crippen molar-refractivity contribution in [3.8, 4) is 0 Å². The minimum absolute atomic E-state index is 0.317. The van der Waals surface area contributed by atoms with Gasteiger partial charge in [0.15, 0.2) is 0 Å². The molecule has 0 fully saturated rings. The SMILES string of the molecule is OC[C@@H](O)[C@@H](O)[C@@](O)(CC=CC(Cl)Cl)[C@H](O)CO. The topological polar surface area (TPSA) is 121 Å². The molecule has 8 heteroatoms. The van der Waals surface area contributed by atoms with Gasteiger partial charge in [-0.1, -0.05) is 12.2 Å². The first kappa shape index (κ1) is 18.1. The molecular weight excluding hydrogens is 287 g/mol. The normalized spacial score (nSPS) is 20.9. The molecule has 0 saturated heterocycles. The van der Waals surface area contributed by atoms with E-state index >= 15 is 0 Å². The molecule has 4 atom stereocenters. The van der Waals surface area contributed by atoms with E-state index in [1.165, 1.54) is 12.2 Å². The van der Waals surface area contributed by atoms with E-state index in [2.05, 4.69) is 0 Å². The summed E-state index contributed by atoms with van der Waals surface area (Å²) in [6, 6.07) is 0. The number of hydrogen-bond donors (Lipinski definition) is 6. The fourth-order valence-electron chi connectivity index (χ4n) is 1.40. The standard InChI is InChI=1S/C10H18Cl2O6/c11-8(12)2-1-3-10(18,7(16)5-14)9(17)6(15)4-13/h1-2,6-9,13-18H,3-5H2/t6-,7-,9-,10-/m1/s1. The first-order chi connectivity index (χ1) is 8.29. The highest BCUT2D eigenvalue weighted by atomic mass is 35.5. The fourth-order valence-corrected chi connectivity index (χ4v) is 1.61. The zero-order valence-electron chi connectivity index (χ0n) is 9.52. The maximum absolute atomic E-state index is 10.1. The van der Waals surface area contributed by atoms with Crippen LogP contribution in [0.25, 0.3) is 0 Å². The minimum Gasteiger partial charge on any atom is -0.394 e. The molecule has 0 bridgehead atoms. The van der Waals surface area contributed by atoms with E-state index in [9.17, 15) is 20.4 Å². The van der Waals surface area contributed by atoms with E-state index in [1.54, 1.807) is 0 Å². The van der Waals surface area contributed by atoms with Crippen LogP contribution in [0.1, 0.15) is 6.42 Å². The largest absolute Gasteiger partial charge is 0.394 e. The van der Waals surface area contributed by atoms with Crippen LogP contribution in [0.2, 0.25) is 0 Å². The van der Waals surface area contributed by atoms with Gasteiger partial charge in [0.25, 0.3) is 0 Å². The monoisotopic (exact) mass is 304 g/mol. The number of aliphatic hydroxyl groups excluding tert-OH is 5. The van der Waals surface area contributed by atoms with Gasteiger partial charge in [-0.3, -0.25) is 0 Å². The zero-order chi connectivity index (χ0) is 14.3. The first-order valence-electron chi connectivity index (χ1n) is 5.22. The lowest BCUT2D eigenvalue weighted by Gasteiger charge is -2.37. The Bertz CT molecular complexity index is 263. The van der Waals surface area contributed by atoms with Crippen LogP contribution in [0.3, 0.4) is 0 Å². The first-order valence-corrected chi connectivity index (χ1v) is 6.10. The molecule has 0 aromatic carbocycles. The number of alkyl halides is 2. The lowest BCUT2D eigenvalue weighted by Crippen LogP contribution is -2.58. The van der Waals surface area contributed by atoms with E-state index in [1.807, 2.05) is 0 Å². The molecule has 0 amide bonds. The zero-order valence-corrected chi connectivity index (χ0v) is 11.0. The Balaban J connectivity index is 4.93. The van der Waals surface area contributed by atoms with Crippen molar-refractivity contribution >= 4 is 23.2 Å². The molecule has 0 radical (unpaired) electrons. The van der Waals surface area contributed by atoms with Crippen LogP contribution in [0.4, 0.5) is 0 Å². The van der Waals surface area contributed by atoms with Crippen molar-refractivity contribution in [1.82, 2.24) is 0 Å². The van der Waals surface area contributed by atoms with Crippen molar-refractivity contribution in [2.75, 3.05) is 13.2 Å². The molecule has 6 nitrogen and oxygen atoms in total. The summed E-state index contributed by atoms with van der Waals surface area (Å²) in [5.74, 6) is 0. The summed E-state index contributed by atoms with van der Waals surface area (Å²) in [5.41, 5.74) is -2.23. The van der Waals surface area contributed by atoms with Gasteiger partial charge in [-0.15, -0.1) is 23.2 Å². The summed E-state index contributed by atoms with van der Waals surface area (Å²) < 4.78 is 0. The summed E-state index contributed by atoms with van der Waals surface area (Å²) in [6.07, 6.45) is -2.95. The maximum Gasteiger partial charge on any atom is 0.125 e. The summed E-state index contributed by atoms with van der Waals surface area (Å²) in [7, 11) is 0. The number of allylic oxidation sites excluding steroid dienone is 1. The van der Waals surface area contributed by atoms with Crippen molar-refractivity contribution in [2.45, 2.75) is 35.2 Å². The molecular formula is C10H18Cl2O6. The molecule has 0 aliphatic carbocycles. The third-order valence-corrected chi connectivity index (χ3v) is 2.83. The molecule has 0 saturated carbocycles. The van der Waals surface area contributed by atoms with Gasteiger partial charge < -0.3 is 30.6 Å². The van der Waals surface area contributed by atoms with Gasteiger partial charge in [0.1, 0.15) is 28.7 Å². The van der Waals surface area contributed by atoms with Crippen LogP contribution in [0.15, 0.2) is 12.2 Å². The summed E-state index contributed by atoms with van der Waals surface area (Å²) in [4.78, 5) is -0.833. The van der Waals surface area contributed by atoms with Gasteiger partial charge in [-0.05, 0) is 6.42 Å². The molecule has 0 aliphatic rings. The third-order valence-electron chi connectivity index (χ3n) is 2.54. The molecule has 6 N–H and O–H groups in total. The van der Waals surface area contributed by atoms with Crippen LogP contribution in [-0.2, 0) is 0 Å². The van der Waals surface area contributed by atoms with Gasteiger partial charge in [0.2, 0.25) is 0 Å². The van der Waals surface area contributed by atoms with Crippen molar-refractivity contribution < 1.29 is 30.6 Å². The van der Waals surface area contributed by atoms with Crippen molar-refractivity contribution in [2.24, 2.45) is 0 Å². The summed E-state index contributed by atoms with van der Waals surface area (Å²) in [5, 5.41) is 56.1. The summed E-state index contributed by atoms with van der Waals surface area (Å²) in [6.45, 7) is -1.64. The Labute approximate surface area is 115 Å². The Morgan fingerprint density at radius 2 is 1.61 bits per heavy atom. The molecule has 0 aromatic rings. The van der Waals surface area contributed by atoms with Crippen LogP contribution < -0.4 is 0 Å². The number of hydrogen-bond acceptors (Lipinski definition) is 6. The Hall–Kier alpha value is 0.0800. The second kappa shape index (κ2) is 8.29. The predicted molar refractivity (Wildman–Crippen MR) is 66.4 cm³/mol. The van der Waals surface area contributed by atoms with Crippen LogP contribution in [0.5, 0.6) is 0 Å². The Morgan fingerprint density at radius 1 is 1.06 bits per heavy atom. The lowest BCUT2D eigenvalue weighted by molar-refractivity contribution is -0.188. The highest BCUT2D eigenvalue weighted by molar-refractivity contribution is 6.45. The molecule has 108 valence electrons. The van der Waals surface area contributed by atoms with Crippen LogP contribution in [-0.4, -0.2) is 72.6 Å². The number of halogens is 2. The van der Waals surface area contributed by atoms with E-state index in [0.717, 1.165) is 0 Å². The Kier molecular flexibility index (Phi) is 8.33. The predicted octanol–water partition coefficient (Wildman–Crippen LogP) is -1.47. The van der Waals surface area contributed by atoms with E-state index in [-0.39, 0.29) is 6.42 Å². The number of aliphatic hydroxyl groups is 6.